The van der Waals surface area contributed by atoms with Gasteiger partial charge in [-0.1, -0.05) is 78.6 Å². The first-order valence-corrected chi connectivity index (χ1v) is 24.0. The van der Waals surface area contributed by atoms with Crippen molar-refractivity contribution < 1.29 is 18.6 Å². The van der Waals surface area contributed by atoms with Gasteiger partial charge in [0.25, 0.3) is 0 Å². The van der Waals surface area contributed by atoms with Crippen molar-refractivity contribution in [2.75, 3.05) is 0 Å². The molecule has 0 fully saturated rings. The van der Waals surface area contributed by atoms with Gasteiger partial charge < -0.3 is 0 Å². The molecule has 0 unspecified atom stereocenters. The van der Waals surface area contributed by atoms with Gasteiger partial charge in [-0.25, -0.2) is 22.5 Å². The van der Waals surface area contributed by atoms with Gasteiger partial charge >= 0.3 is 18.6 Å². The van der Waals surface area contributed by atoms with Crippen LogP contribution in [0.15, 0.2) is 36.4 Å². The molecule has 0 spiro atoms. The Morgan fingerprint density at radius 1 is 0.519 bits per heavy atom. The Bertz CT molecular complexity index is 579. The predicted octanol–water partition coefficient (Wildman–Crippen LogP) is 4.99. The predicted molar refractivity (Wildman–Crippen MR) is 136 cm³/mol. The minimum atomic E-state index is -1.07. The van der Waals surface area contributed by atoms with Gasteiger partial charge in [0.2, 0.25) is 0 Å². The zero-order valence-electron chi connectivity index (χ0n) is 19.9. The van der Waals surface area contributed by atoms with Crippen LogP contribution in [0.1, 0.15) is 0 Å². The van der Waals surface area contributed by atoms with Crippen LogP contribution < -0.4 is 20.7 Å². The molecule has 0 N–H and O–H groups in total. The molecule has 0 bridgehead atoms. The van der Waals surface area contributed by atoms with E-state index >= 15 is 0 Å². The minimum absolute atomic E-state index is 0. The minimum Gasteiger partial charge on any atom is -0.212 e. The van der Waals surface area contributed by atoms with Gasteiger partial charge in [-0.3, -0.25) is 0 Å². The molecule has 2 aromatic carbocycles. The van der Waals surface area contributed by atoms with Crippen molar-refractivity contribution in [1.82, 2.24) is 0 Å². The Kier molecular flexibility index (Phi) is 9.36. The van der Waals surface area contributed by atoms with Gasteiger partial charge in [0.15, 0.2) is 0 Å². The molecule has 2 rings (SSSR count). The molecule has 0 heterocycles. The van der Waals surface area contributed by atoms with Crippen molar-refractivity contribution in [3.63, 3.8) is 0 Å². The molecule has 0 aromatic heterocycles. The van der Waals surface area contributed by atoms with Crippen LogP contribution in [0, 0.1) is 0 Å². The fraction of sp³-hybridized carbons (Fsp3) is 0.545. The van der Waals surface area contributed by atoms with Crippen LogP contribution in [0.25, 0.3) is 0 Å². The Balaban J connectivity index is 0.000000483. The van der Waals surface area contributed by atoms with Gasteiger partial charge in [-0.05, 0) is 0 Å². The average Bonchev–Trinajstić information content (AvgIpc) is 3.06. The maximum Gasteiger partial charge on any atom is 2.00 e. The summed E-state index contributed by atoms with van der Waals surface area (Å²) in [6.07, 6.45) is 0. The summed E-state index contributed by atoms with van der Waals surface area (Å²) in [6.45, 7) is 29.0. The SMILES string of the molecule is C[Si](C)(C)c1cc[c-]([Si](C)(C)C)c1.C[Si](C)(C)c1cc[c-]([Si](C)(C)C)c1.[V+2]. The molecule has 0 aliphatic carbocycles. The van der Waals surface area contributed by atoms with E-state index in [2.05, 4.69) is 115 Å². The van der Waals surface area contributed by atoms with E-state index in [0.717, 1.165) is 0 Å². The third-order valence-corrected chi connectivity index (χ3v) is 13.1. The molecule has 2 aromatic rings. The van der Waals surface area contributed by atoms with E-state index in [4.69, 9.17) is 0 Å². The maximum absolute atomic E-state index is 2.46. The molecule has 151 valence electrons. The molecule has 0 saturated heterocycles. The summed E-state index contributed by atoms with van der Waals surface area (Å²) in [5.74, 6) is 0. The molecule has 0 aliphatic heterocycles. The van der Waals surface area contributed by atoms with Crippen molar-refractivity contribution >= 4 is 53.0 Å². The fourth-order valence-electron chi connectivity index (χ4n) is 2.75. The molecule has 0 nitrogen and oxygen atoms in total. The first kappa shape index (κ1) is 27.2. The van der Waals surface area contributed by atoms with Gasteiger partial charge in [-0.15, -0.1) is 0 Å². The maximum atomic E-state index is 2.46. The number of hydrogen-bond acceptors (Lipinski definition) is 0. The summed E-state index contributed by atoms with van der Waals surface area (Å²) in [4.78, 5) is 0. The number of rotatable bonds is 4. The van der Waals surface area contributed by atoms with Crippen LogP contribution in [0.5, 0.6) is 0 Å². The van der Waals surface area contributed by atoms with Crippen LogP contribution in [0.3, 0.4) is 0 Å². The van der Waals surface area contributed by atoms with Crippen molar-refractivity contribution in [3.8, 4) is 0 Å². The molecule has 27 heavy (non-hydrogen) atoms. The summed E-state index contributed by atoms with van der Waals surface area (Å²) in [6, 6.07) is 14.3. The van der Waals surface area contributed by atoms with Crippen LogP contribution >= 0.6 is 0 Å². The Hall–Kier alpha value is 0.152. The van der Waals surface area contributed by atoms with Crippen molar-refractivity contribution in [1.29, 1.82) is 0 Å². The van der Waals surface area contributed by atoms with Crippen LogP contribution in [0.2, 0.25) is 78.6 Å². The topological polar surface area (TPSA) is 0 Å². The zero-order valence-corrected chi connectivity index (χ0v) is 25.3. The normalized spacial score (nSPS) is 12.9. The van der Waals surface area contributed by atoms with E-state index < -0.39 is 32.3 Å². The van der Waals surface area contributed by atoms with E-state index in [1.807, 2.05) is 0 Å². The molecule has 0 aliphatic rings. The van der Waals surface area contributed by atoms with E-state index in [1.165, 1.54) is 0 Å². The van der Waals surface area contributed by atoms with Crippen molar-refractivity contribution in [2.45, 2.75) is 78.6 Å². The monoisotopic (exact) mass is 469 g/mol. The second-order valence-corrected chi connectivity index (χ2v) is 32.1. The standard InChI is InChI=1S/2C11H21Si2.V/c2*1-12(2,3)10-7-8-11(9-10)13(4,5)6;/h2*7-9H,1-6H3;/q2*-1;+2. The van der Waals surface area contributed by atoms with E-state index in [9.17, 15) is 0 Å². The summed E-state index contributed by atoms with van der Waals surface area (Å²) in [7, 11) is -4.28. The summed E-state index contributed by atoms with van der Waals surface area (Å²) in [5.41, 5.74) is 0. The quantitative estimate of drug-likeness (QED) is 0.437. The molecule has 1 radical (unpaired) electrons. The van der Waals surface area contributed by atoms with Crippen molar-refractivity contribution in [2.24, 2.45) is 0 Å². The second kappa shape index (κ2) is 9.31. The smallest absolute Gasteiger partial charge is 0.212 e. The van der Waals surface area contributed by atoms with Gasteiger partial charge in [0.05, 0.1) is 0 Å². The van der Waals surface area contributed by atoms with Crippen LogP contribution in [0.4, 0.5) is 0 Å². The Labute approximate surface area is 185 Å². The molecule has 0 saturated carbocycles. The molecular formula is C22H42Si4V. The second-order valence-electron chi connectivity index (χ2n) is 11.8. The molecule has 0 amide bonds. The molecule has 5 heteroatoms. The largest absolute Gasteiger partial charge is 2.00 e. The third-order valence-electron chi connectivity index (χ3n) is 4.97. The Morgan fingerprint density at radius 2 is 0.778 bits per heavy atom. The van der Waals surface area contributed by atoms with Crippen molar-refractivity contribution in [3.05, 3.63) is 36.4 Å². The van der Waals surface area contributed by atoms with Crippen LogP contribution in [-0.4, -0.2) is 32.3 Å². The summed E-state index contributed by atoms with van der Waals surface area (Å²) >= 11 is 0. The first-order chi connectivity index (χ1) is 11.4. The fourth-order valence-corrected chi connectivity index (χ4v) is 7.73. The van der Waals surface area contributed by atoms with E-state index in [0.29, 0.717) is 0 Å². The summed E-state index contributed by atoms with van der Waals surface area (Å²) in [5, 5.41) is 6.46. The average molecular weight is 470 g/mol. The third kappa shape index (κ3) is 8.59. The van der Waals surface area contributed by atoms with E-state index in [1.54, 1.807) is 20.7 Å². The molecular weight excluding hydrogens is 428 g/mol. The molecule has 0 atom stereocenters. The van der Waals surface area contributed by atoms with E-state index in [-0.39, 0.29) is 18.6 Å². The Morgan fingerprint density at radius 3 is 0.889 bits per heavy atom. The summed E-state index contributed by atoms with van der Waals surface area (Å²) < 4.78 is 0. The first-order valence-electron chi connectivity index (χ1n) is 9.98. The zero-order chi connectivity index (χ0) is 20.6. The van der Waals surface area contributed by atoms with Gasteiger partial charge in [0.1, 0.15) is 0 Å². The van der Waals surface area contributed by atoms with Crippen LogP contribution in [-0.2, 0) is 18.6 Å². The van der Waals surface area contributed by atoms with Gasteiger partial charge in [-0.2, -0.15) is 34.6 Å². The number of hydrogen-bond donors (Lipinski definition) is 0. The van der Waals surface area contributed by atoms with Gasteiger partial charge in [0, 0.05) is 32.3 Å².